The van der Waals surface area contributed by atoms with Crippen molar-refractivity contribution < 1.29 is 4.79 Å². The van der Waals surface area contributed by atoms with Gasteiger partial charge in [0, 0.05) is 18.1 Å². The van der Waals surface area contributed by atoms with E-state index < -0.39 is 17.2 Å². The third-order valence-corrected chi connectivity index (χ3v) is 4.99. The summed E-state index contributed by atoms with van der Waals surface area (Å²) in [6, 6.07) is 14.8. The van der Waals surface area contributed by atoms with Crippen LogP contribution >= 0.6 is 0 Å². The zero-order valence-corrected chi connectivity index (χ0v) is 17.2. The van der Waals surface area contributed by atoms with Gasteiger partial charge in [0.15, 0.2) is 11.2 Å². The number of nitrogens with one attached hydrogen (secondary N) is 1. The van der Waals surface area contributed by atoms with Crippen molar-refractivity contribution in [1.29, 1.82) is 0 Å². The van der Waals surface area contributed by atoms with Gasteiger partial charge in [0.2, 0.25) is 5.91 Å². The lowest BCUT2D eigenvalue weighted by atomic mass is 10.1. The number of aryl methyl sites for hydroxylation is 2. The van der Waals surface area contributed by atoms with E-state index in [1.807, 2.05) is 62.4 Å². The number of amides is 1. The van der Waals surface area contributed by atoms with Crippen LogP contribution in [0.4, 0.5) is 5.69 Å². The molecule has 0 spiro atoms. The first-order valence-corrected chi connectivity index (χ1v) is 9.79. The molecule has 8 heteroatoms. The van der Waals surface area contributed by atoms with E-state index in [0.29, 0.717) is 5.69 Å². The van der Waals surface area contributed by atoms with E-state index in [1.54, 1.807) is 0 Å². The monoisotopic (exact) mass is 415 g/mol. The Morgan fingerprint density at radius 2 is 1.71 bits per heavy atom. The van der Waals surface area contributed by atoms with E-state index in [2.05, 4.69) is 15.3 Å². The van der Waals surface area contributed by atoms with Gasteiger partial charge in [0.1, 0.15) is 6.54 Å². The summed E-state index contributed by atoms with van der Waals surface area (Å²) in [4.78, 5) is 47.1. The molecule has 2 heterocycles. The van der Waals surface area contributed by atoms with Crippen LogP contribution in [0.15, 0.2) is 70.5 Å². The minimum absolute atomic E-state index is 0.0392. The number of rotatable bonds is 5. The normalized spacial score (nSPS) is 10.9. The lowest BCUT2D eigenvalue weighted by Gasteiger charge is -2.14. The van der Waals surface area contributed by atoms with Gasteiger partial charge < -0.3 is 5.32 Å². The zero-order chi connectivity index (χ0) is 22.0. The first-order valence-electron chi connectivity index (χ1n) is 9.79. The molecular formula is C23H21N5O3. The van der Waals surface area contributed by atoms with Gasteiger partial charge in [-0.3, -0.25) is 18.7 Å². The van der Waals surface area contributed by atoms with Crippen LogP contribution in [0.2, 0.25) is 0 Å². The molecule has 0 saturated heterocycles. The second kappa shape index (κ2) is 8.35. The van der Waals surface area contributed by atoms with Gasteiger partial charge in [-0.05, 0) is 31.0 Å². The summed E-state index contributed by atoms with van der Waals surface area (Å²) in [7, 11) is 0. The lowest BCUT2D eigenvalue weighted by molar-refractivity contribution is -0.116. The van der Waals surface area contributed by atoms with Crippen LogP contribution < -0.4 is 16.6 Å². The van der Waals surface area contributed by atoms with Crippen LogP contribution in [0.1, 0.15) is 16.7 Å². The Morgan fingerprint density at radius 3 is 2.45 bits per heavy atom. The molecule has 0 bridgehead atoms. The molecule has 0 saturated carbocycles. The average Bonchev–Trinajstić information content (AvgIpc) is 2.77. The fourth-order valence-electron chi connectivity index (χ4n) is 3.47. The molecule has 2 aromatic heterocycles. The highest BCUT2D eigenvalue weighted by atomic mass is 16.2. The van der Waals surface area contributed by atoms with Gasteiger partial charge in [0.25, 0.3) is 5.56 Å². The molecule has 0 aliphatic heterocycles. The summed E-state index contributed by atoms with van der Waals surface area (Å²) in [5.74, 6) is -0.397. The van der Waals surface area contributed by atoms with Crippen molar-refractivity contribution in [2.45, 2.75) is 26.9 Å². The summed E-state index contributed by atoms with van der Waals surface area (Å²) in [6.45, 7) is 3.65. The second-order valence-electron chi connectivity index (χ2n) is 7.34. The highest BCUT2D eigenvalue weighted by Crippen LogP contribution is 2.16. The predicted molar refractivity (Wildman–Crippen MR) is 118 cm³/mol. The summed E-state index contributed by atoms with van der Waals surface area (Å²) in [5, 5.41) is 2.83. The Kier molecular flexibility index (Phi) is 5.44. The van der Waals surface area contributed by atoms with Crippen molar-refractivity contribution in [1.82, 2.24) is 19.1 Å². The van der Waals surface area contributed by atoms with Gasteiger partial charge in [-0.1, -0.05) is 48.0 Å². The Morgan fingerprint density at radius 1 is 0.968 bits per heavy atom. The molecule has 0 unspecified atom stereocenters. The van der Waals surface area contributed by atoms with E-state index in [9.17, 15) is 14.4 Å². The maximum absolute atomic E-state index is 13.2. The van der Waals surface area contributed by atoms with Crippen molar-refractivity contribution >= 4 is 22.8 Å². The van der Waals surface area contributed by atoms with Crippen molar-refractivity contribution in [3.05, 3.63) is 98.5 Å². The van der Waals surface area contributed by atoms with Crippen LogP contribution in [0.3, 0.4) is 0 Å². The maximum atomic E-state index is 13.2. The van der Waals surface area contributed by atoms with Crippen LogP contribution in [0.5, 0.6) is 0 Å². The predicted octanol–water partition coefficient (Wildman–Crippen LogP) is 2.26. The van der Waals surface area contributed by atoms with Crippen molar-refractivity contribution in [2.24, 2.45) is 0 Å². The largest absolute Gasteiger partial charge is 0.333 e. The first-order chi connectivity index (χ1) is 14.9. The van der Waals surface area contributed by atoms with Crippen LogP contribution in [0, 0.1) is 13.8 Å². The average molecular weight is 415 g/mol. The molecule has 0 radical (unpaired) electrons. The highest BCUT2D eigenvalue weighted by Gasteiger charge is 2.18. The van der Waals surface area contributed by atoms with Crippen LogP contribution in [-0.2, 0) is 17.9 Å². The number of fused-ring (bicyclic) bond motifs is 1. The van der Waals surface area contributed by atoms with Crippen molar-refractivity contribution in [2.75, 3.05) is 5.32 Å². The van der Waals surface area contributed by atoms with Gasteiger partial charge >= 0.3 is 5.69 Å². The Bertz CT molecular complexity index is 1390. The van der Waals surface area contributed by atoms with E-state index in [1.165, 1.54) is 17.0 Å². The molecule has 0 fully saturated rings. The molecule has 156 valence electrons. The van der Waals surface area contributed by atoms with Gasteiger partial charge in [-0.2, -0.15) is 0 Å². The summed E-state index contributed by atoms with van der Waals surface area (Å²) in [6.07, 6.45) is 2.78. The minimum atomic E-state index is -0.613. The quantitative estimate of drug-likeness (QED) is 0.539. The highest BCUT2D eigenvalue weighted by molar-refractivity contribution is 5.92. The minimum Gasteiger partial charge on any atom is -0.324 e. The molecule has 0 aliphatic carbocycles. The number of carbonyl (C=O) groups excluding carboxylic acids is 1. The fourth-order valence-corrected chi connectivity index (χ4v) is 3.47. The van der Waals surface area contributed by atoms with Crippen molar-refractivity contribution in [3.63, 3.8) is 0 Å². The van der Waals surface area contributed by atoms with Gasteiger partial charge in [-0.15, -0.1) is 0 Å². The van der Waals surface area contributed by atoms with Crippen molar-refractivity contribution in [3.8, 4) is 0 Å². The lowest BCUT2D eigenvalue weighted by Crippen LogP contribution is -2.42. The Balaban J connectivity index is 1.75. The molecule has 4 aromatic rings. The summed E-state index contributed by atoms with van der Waals surface area (Å²) < 4.78 is 2.27. The molecule has 31 heavy (non-hydrogen) atoms. The summed E-state index contributed by atoms with van der Waals surface area (Å²) >= 11 is 0. The zero-order valence-electron chi connectivity index (χ0n) is 17.2. The van der Waals surface area contributed by atoms with Gasteiger partial charge in [-0.25, -0.2) is 14.8 Å². The number of nitrogens with zero attached hydrogens (tertiary/aromatic N) is 4. The number of hydrogen-bond acceptors (Lipinski definition) is 5. The van der Waals surface area contributed by atoms with Crippen LogP contribution in [0.25, 0.3) is 11.2 Å². The molecule has 2 aromatic carbocycles. The molecule has 8 nitrogen and oxygen atoms in total. The molecule has 1 N–H and O–H groups in total. The topological polar surface area (TPSA) is 98.9 Å². The van der Waals surface area contributed by atoms with Gasteiger partial charge in [0.05, 0.1) is 6.54 Å². The van der Waals surface area contributed by atoms with Crippen LogP contribution in [-0.4, -0.2) is 25.0 Å². The third-order valence-electron chi connectivity index (χ3n) is 4.99. The third kappa shape index (κ3) is 4.13. The Hall–Kier alpha value is -4.07. The standard InChI is InChI=1S/C23H21N5O3/c1-15-8-9-18(16(2)12-15)26-19(29)14-27-21-20(24-10-11-25-21)22(30)28(23(27)31)13-17-6-4-3-5-7-17/h3-12H,13-14H2,1-2H3,(H,26,29). The molecule has 4 rings (SSSR count). The molecule has 0 atom stereocenters. The van der Waals surface area contributed by atoms with E-state index in [4.69, 9.17) is 0 Å². The number of carbonyl (C=O) groups is 1. The SMILES string of the molecule is Cc1ccc(NC(=O)Cn2c(=O)n(Cc3ccccc3)c(=O)c3nccnc32)c(C)c1. The van der Waals surface area contributed by atoms with E-state index in [0.717, 1.165) is 21.3 Å². The second-order valence-corrected chi connectivity index (χ2v) is 7.34. The Labute approximate surface area is 177 Å². The number of anilines is 1. The first kappa shape index (κ1) is 20.2. The fraction of sp³-hybridized carbons (Fsp3) is 0.174. The van der Waals surface area contributed by atoms with E-state index >= 15 is 0 Å². The number of hydrogen-bond donors (Lipinski definition) is 1. The molecular weight excluding hydrogens is 394 g/mol. The molecule has 1 amide bonds. The number of benzene rings is 2. The number of aromatic nitrogens is 4. The maximum Gasteiger partial charge on any atom is 0.333 e. The van der Waals surface area contributed by atoms with E-state index in [-0.39, 0.29) is 24.3 Å². The summed E-state index contributed by atoms with van der Waals surface area (Å²) in [5.41, 5.74) is 2.42. The smallest absolute Gasteiger partial charge is 0.324 e. The molecule has 0 aliphatic rings.